The highest BCUT2D eigenvalue weighted by molar-refractivity contribution is 5.97. The summed E-state index contributed by atoms with van der Waals surface area (Å²) in [5.41, 5.74) is 1.49. The van der Waals surface area contributed by atoms with Crippen molar-refractivity contribution in [3.05, 3.63) is 18.2 Å². The number of hydrogen-bond acceptors (Lipinski definition) is 4. The largest absolute Gasteiger partial charge is 0.481 e. The lowest BCUT2D eigenvalue weighted by atomic mass is 10.2. The molecule has 96 valence electrons. The molecule has 0 saturated carbocycles. The van der Waals surface area contributed by atoms with Crippen LogP contribution in [0.15, 0.2) is 18.2 Å². The summed E-state index contributed by atoms with van der Waals surface area (Å²) < 4.78 is 5.33. The molecule has 2 rings (SSSR count). The van der Waals surface area contributed by atoms with Crippen LogP contribution in [-0.4, -0.2) is 37.2 Å². The molecule has 0 radical (unpaired) electrons. The molecule has 1 aromatic rings. The van der Waals surface area contributed by atoms with Crippen LogP contribution < -0.4 is 15.0 Å². The minimum Gasteiger partial charge on any atom is -0.481 e. The molecule has 2 N–H and O–H groups in total. The Morgan fingerprint density at radius 1 is 1.56 bits per heavy atom. The van der Waals surface area contributed by atoms with Crippen molar-refractivity contribution in [1.29, 1.82) is 0 Å². The fourth-order valence-electron chi connectivity index (χ4n) is 1.70. The van der Waals surface area contributed by atoms with Crippen molar-refractivity contribution in [2.75, 3.05) is 30.4 Å². The van der Waals surface area contributed by atoms with Gasteiger partial charge in [-0.1, -0.05) is 0 Å². The van der Waals surface area contributed by atoms with Gasteiger partial charge in [-0.3, -0.25) is 9.59 Å². The predicted molar refractivity (Wildman–Crippen MR) is 66.1 cm³/mol. The Kier molecular flexibility index (Phi) is 3.36. The number of anilines is 2. The number of nitrogens with one attached hydrogen (secondary N) is 1. The van der Waals surface area contributed by atoms with Gasteiger partial charge >= 0.3 is 5.97 Å². The summed E-state index contributed by atoms with van der Waals surface area (Å²) in [6, 6.07) is 5.33. The van der Waals surface area contributed by atoms with E-state index in [9.17, 15) is 9.59 Å². The molecule has 0 fully saturated rings. The molecule has 0 saturated heterocycles. The second kappa shape index (κ2) is 4.95. The normalized spacial score (nSPS) is 13.8. The number of hydrogen-bond donors (Lipinski definition) is 2. The van der Waals surface area contributed by atoms with Gasteiger partial charge in [0.25, 0.3) is 5.91 Å². The molecule has 6 heteroatoms. The molecule has 1 heterocycles. The molecule has 1 aliphatic rings. The van der Waals surface area contributed by atoms with E-state index < -0.39 is 5.97 Å². The average Bonchev–Trinajstić information content (AvgIpc) is 2.33. The lowest BCUT2D eigenvalue weighted by Gasteiger charge is -2.26. The van der Waals surface area contributed by atoms with Gasteiger partial charge in [-0.15, -0.1) is 0 Å². The average molecular weight is 250 g/mol. The smallest absolute Gasteiger partial charge is 0.305 e. The molecule has 0 aliphatic carbocycles. The van der Waals surface area contributed by atoms with E-state index in [2.05, 4.69) is 5.32 Å². The standard InChI is InChI=1S/C12H14N2O4/c1-14-9-3-2-8(13-5-4-12(16)17)6-10(9)18-7-11(14)15/h2-3,6,13H,4-5,7H2,1H3,(H,16,17). The molecular formula is C12H14N2O4. The third kappa shape index (κ3) is 2.53. The monoisotopic (exact) mass is 250 g/mol. The van der Waals surface area contributed by atoms with E-state index in [4.69, 9.17) is 9.84 Å². The first-order valence-electron chi connectivity index (χ1n) is 5.57. The predicted octanol–water partition coefficient (Wildman–Crippen LogP) is 0.928. The van der Waals surface area contributed by atoms with Gasteiger partial charge in [-0.25, -0.2) is 0 Å². The van der Waals surface area contributed by atoms with Gasteiger partial charge in [-0.05, 0) is 12.1 Å². The lowest BCUT2D eigenvalue weighted by molar-refractivity contribution is -0.136. The summed E-state index contributed by atoms with van der Waals surface area (Å²) in [6.45, 7) is 0.380. The third-order valence-corrected chi connectivity index (χ3v) is 2.71. The van der Waals surface area contributed by atoms with Crippen molar-refractivity contribution >= 4 is 23.3 Å². The maximum atomic E-state index is 11.4. The Bertz CT molecular complexity index is 487. The van der Waals surface area contributed by atoms with Gasteiger partial charge in [0, 0.05) is 25.3 Å². The van der Waals surface area contributed by atoms with Gasteiger partial charge in [0.05, 0.1) is 12.1 Å². The number of carboxylic acids is 1. The fraction of sp³-hybridized carbons (Fsp3) is 0.333. The van der Waals surface area contributed by atoms with Crippen molar-refractivity contribution in [1.82, 2.24) is 0 Å². The number of carbonyl (C=O) groups excluding carboxylic acids is 1. The Morgan fingerprint density at radius 3 is 3.06 bits per heavy atom. The zero-order chi connectivity index (χ0) is 13.1. The summed E-state index contributed by atoms with van der Waals surface area (Å²) >= 11 is 0. The number of carboxylic acid groups (broad SMARTS) is 1. The highest BCUT2D eigenvalue weighted by Gasteiger charge is 2.21. The van der Waals surface area contributed by atoms with Crippen LogP contribution in [0.5, 0.6) is 5.75 Å². The maximum Gasteiger partial charge on any atom is 0.305 e. The number of benzene rings is 1. The van der Waals surface area contributed by atoms with Crippen molar-refractivity contribution in [3.63, 3.8) is 0 Å². The molecule has 1 aliphatic heterocycles. The van der Waals surface area contributed by atoms with Crippen molar-refractivity contribution in [2.24, 2.45) is 0 Å². The number of aliphatic carboxylic acids is 1. The molecule has 1 aromatic carbocycles. The van der Waals surface area contributed by atoms with Gasteiger partial charge in [0.15, 0.2) is 6.61 Å². The topological polar surface area (TPSA) is 78.9 Å². The fourth-order valence-corrected chi connectivity index (χ4v) is 1.70. The van der Waals surface area contributed by atoms with Crippen LogP contribution in [0, 0.1) is 0 Å². The third-order valence-electron chi connectivity index (χ3n) is 2.71. The van der Waals surface area contributed by atoms with Crippen LogP contribution in [0.1, 0.15) is 6.42 Å². The number of likely N-dealkylation sites (N-methyl/N-ethyl adjacent to an activating group) is 1. The van der Waals surface area contributed by atoms with Gasteiger partial charge in [0.1, 0.15) is 5.75 Å². The first kappa shape index (κ1) is 12.2. The van der Waals surface area contributed by atoms with Gasteiger partial charge in [-0.2, -0.15) is 0 Å². The second-order valence-electron chi connectivity index (χ2n) is 3.99. The molecule has 0 unspecified atom stereocenters. The lowest BCUT2D eigenvalue weighted by Crippen LogP contribution is -2.35. The first-order valence-corrected chi connectivity index (χ1v) is 5.57. The van der Waals surface area contributed by atoms with E-state index in [0.717, 1.165) is 11.4 Å². The van der Waals surface area contributed by atoms with Crippen LogP contribution >= 0.6 is 0 Å². The van der Waals surface area contributed by atoms with E-state index in [0.29, 0.717) is 12.3 Å². The zero-order valence-electron chi connectivity index (χ0n) is 9.97. The van der Waals surface area contributed by atoms with Crippen LogP contribution in [-0.2, 0) is 9.59 Å². The van der Waals surface area contributed by atoms with E-state index >= 15 is 0 Å². The number of amides is 1. The van der Waals surface area contributed by atoms with Crippen LogP contribution in [0.3, 0.4) is 0 Å². The first-order chi connectivity index (χ1) is 8.58. The summed E-state index contributed by atoms with van der Waals surface area (Å²) in [5, 5.41) is 11.5. The molecule has 0 bridgehead atoms. The second-order valence-corrected chi connectivity index (χ2v) is 3.99. The molecule has 0 spiro atoms. The van der Waals surface area contributed by atoms with Crippen molar-refractivity contribution in [3.8, 4) is 5.75 Å². The quantitative estimate of drug-likeness (QED) is 0.831. The van der Waals surface area contributed by atoms with Gasteiger partial charge < -0.3 is 20.1 Å². The number of fused-ring (bicyclic) bond motifs is 1. The van der Waals surface area contributed by atoms with E-state index in [1.165, 1.54) is 0 Å². The van der Waals surface area contributed by atoms with Gasteiger partial charge in [0.2, 0.25) is 0 Å². The zero-order valence-corrected chi connectivity index (χ0v) is 9.97. The molecular weight excluding hydrogens is 236 g/mol. The number of rotatable bonds is 4. The Morgan fingerprint density at radius 2 is 2.33 bits per heavy atom. The molecule has 0 atom stereocenters. The van der Waals surface area contributed by atoms with Crippen molar-refractivity contribution in [2.45, 2.75) is 6.42 Å². The van der Waals surface area contributed by atoms with Crippen LogP contribution in [0.25, 0.3) is 0 Å². The summed E-state index contributed by atoms with van der Waals surface area (Å²) in [5.74, 6) is -0.312. The van der Waals surface area contributed by atoms with E-state index in [1.807, 2.05) is 0 Å². The summed E-state index contributed by atoms with van der Waals surface area (Å²) in [7, 11) is 1.70. The SMILES string of the molecule is CN1C(=O)COc2cc(NCCC(=O)O)ccc21. The molecule has 1 amide bonds. The Balaban J connectivity index is 2.08. The van der Waals surface area contributed by atoms with E-state index in [1.54, 1.807) is 30.1 Å². The van der Waals surface area contributed by atoms with Crippen molar-refractivity contribution < 1.29 is 19.4 Å². The molecule has 18 heavy (non-hydrogen) atoms. The number of ether oxygens (including phenoxy) is 1. The molecule has 6 nitrogen and oxygen atoms in total. The number of carbonyl (C=O) groups is 2. The summed E-state index contributed by atoms with van der Waals surface area (Å²) in [4.78, 5) is 23.3. The molecule has 0 aromatic heterocycles. The Hall–Kier alpha value is -2.24. The summed E-state index contributed by atoms with van der Waals surface area (Å²) in [6.07, 6.45) is 0.0519. The van der Waals surface area contributed by atoms with E-state index in [-0.39, 0.29) is 18.9 Å². The van der Waals surface area contributed by atoms with Crippen LogP contribution in [0.2, 0.25) is 0 Å². The highest BCUT2D eigenvalue weighted by Crippen LogP contribution is 2.33. The minimum absolute atomic E-state index is 0.0298. The number of nitrogens with zero attached hydrogens (tertiary/aromatic N) is 1. The van der Waals surface area contributed by atoms with Crippen LogP contribution in [0.4, 0.5) is 11.4 Å². The minimum atomic E-state index is -0.845. The highest BCUT2D eigenvalue weighted by atomic mass is 16.5. The maximum absolute atomic E-state index is 11.4. The Labute approximate surface area is 104 Å².